The summed E-state index contributed by atoms with van der Waals surface area (Å²) < 4.78 is 28.3. The number of nitrogens with two attached hydrogens (primary N) is 1. The summed E-state index contributed by atoms with van der Waals surface area (Å²) in [6.07, 6.45) is 5.50. The Morgan fingerprint density at radius 2 is 1.41 bits per heavy atom. The lowest BCUT2D eigenvalue weighted by Gasteiger charge is -2.25. The van der Waals surface area contributed by atoms with E-state index in [0.717, 1.165) is 5.56 Å². The molecule has 4 aromatic heterocycles. The Kier molecular flexibility index (Phi) is 19.3. The number of H-pyrrole nitrogens is 2. The third kappa shape index (κ3) is 16.0. The SMILES string of the molecule is CNC(Cc1cnc[nH]1)C(=O)NC(C)C(=O)OC(COC(=O)C(C)NC(=O)C(Cc1cnc[nH]1)NC(=O)OC(C)(C)C)COc1ccc(-c2c(C#N)c(N)nc(SCc3coc(-c4ccc(Cl)cc4)n3)c2C#N)cc1. The van der Waals surface area contributed by atoms with Crippen LogP contribution in [0.4, 0.5) is 10.6 Å². The summed E-state index contributed by atoms with van der Waals surface area (Å²) in [4.78, 5) is 89.0. The van der Waals surface area contributed by atoms with E-state index in [0.29, 0.717) is 33.6 Å². The van der Waals surface area contributed by atoms with Gasteiger partial charge in [0.15, 0.2) is 6.10 Å². The second-order valence-electron chi connectivity index (χ2n) is 17.7. The number of ether oxygens (including phenoxy) is 4. The fourth-order valence-corrected chi connectivity index (χ4v) is 7.98. The van der Waals surface area contributed by atoms with Crippen LogP contribution in [0.15, 0.2) is 89.3 Å². The first kappa shape index (κ1) is 55.9. The predicted octanol–water partition coefficient (Wildman–Crippen LogP) is 4.93. The molecule has 5 atom stereocenters. The van der Waals surface area contributed by atoms with Gasteiger partial charge in [-0.25, -0.2) is 34.3 Å². The first-order valence-electron chi connectivity index (χ1n) is 23.1. The maximum atomic E-state index is 13.5. The Morgan fingerprint density at radius 3 is 2.00 bits per heavy atom. The van der Waals surface area contributed by atoms with Crippen molar-refractivity contribution in [3.63, 3.8) is 0 Å². The molecular formula is C50H54ClN13O10S. The first-order valence-corrected chi connectivity index (χ1v) is 24.5. The highest BCUT2D eigenvalue weighted by atomic mass is 35.5. The molecule has 6 rings (SSSR count). The van der Waals surface area contributed by atoms with Gasteiger partial charge in [0.1, 0.15) is 77.5 Å². The lowest BCUT2D eigenvalue weighted by molar-refractivity contribution is -0.163. The Morgan fingerprint density at radius 1 is 0.813 bits per heavy atom. The predicted molar refractivity (Wildman–Crippen MR) is 272 cm³/mol. The minimum absolute atomic E-state index is 0.0218. The molecule has 8 N–H and O–H groups in total. The van der Waals surface area contributed by atoms with E-state index in [-0.39, 0.29) is 58.5 Å². The highest BCUT2D eigenvalue weighted by Crippen LogP contribution is 2.37. The van der Waals surface area contributed by atoms with Crippen LogP contribution >= 0.6 is 23.4 Å². The van der Waals surface area contributed by atoms with Crippen molar-refractivity contribution in [1.82, 2.24) is 51.2 Å². The van der Waals surface area contributed by atoms with E-state index in [2.05, 4.69) is 63.3 Å². The van der Waals surface area contributed by atoms with E-state index in [9.17, 15) is 34.5 Å². The number of carbonyl (C=O) groups excluding carboxylic acids is 5. The summed E-state index contributed by atoms with van der Waals surface area (Å²) in [7, 11) is 1.59. The monoisotopic (exact) mass is 1060 g/mol. The first-order chi connectivity index (χ1) is 35.8. The Bertz CT molecular complexity index is 3010. The van der Waals surface area contributed by atoms with E-state index in [1.807, 2.05) is 0 Å². The molecule has 0 radical (unpaired) electrons. The van der Waals surface area contributed by atoms with Gasteiger partial charge in [-0.3, -0.25) is 9.59 Å². The van der Waals surface area contributed by atoms with Crippen LogP contribution < -0.4 is 31.7 Å². The van der Waals surface area contributed by atoms with Gasteiger partial charge >= 0.3 is 18.0 Å². The van der Waals surface area contributed by atoms with Gasteiger partial charge in [0.2, 0.25) is 17.7 Å². The molecule has 5 unspecified atom stereocenters. The molecule has 0 aliphatic rings. The number of pyridine rings is 1. The third-order valence-corrected chi connectivity index (χ3v) is 12.0. The topological polar surface area (TPSA) is 340 Å². The number of aromatic nitrogens is 6. The van der Waals surface area contributed by atoms with Gasteiger partial charge in [-0.15, -0.1) is 0 Å². The number of rotatable bonds is 23. The number of nitriles is 2. The van der Waals surface area contributed by atoms with Crippen molar-refractivity contribution in [2.24, 2.45) is 0 Å². The Balaban J connectivity index is 1.15. The molecule has 25 heteroatoms. The summed E-state index contributed by atoms with van der Waals surface area (Å²) in [6, 6.07) is 13.1. The molecule has 392 valence electrons. The number of oxazole rings is 1. The van der Waals surface area contributed by atoms with E-state index in [1.165, 1.54) is 50.7 Å². The van der Waals surface area contributed by atoms with Crippen LogP contribution in [-0.4, -0.2) is 116 Å². The highest BCUT2D eigenvalue weighted by Gasteiger charge is 2.31. The standard InChI is InChI=1S/C50H54ClN13O10S/c1-27(60-44(66)40(16-33-20-57-26-59-33)63-49(69)74-50(3,4)5)47(67)72-23-36(73-48(68)28(2)61-43(65)39(55-6)15-32-19-56-25-58-32)22-70-35-13-9-29(10-14-35)41-37(17-52)42(54)64-46(38(41)18-53)75-24-34-21-71-45(62-34)30-7-11-31(51)12-8-30/h7-14,19-21,25-28,36,39-40,55H,15-16,22-24H2,1-6H3,(H2,54,64)(H,56,58)(H,57,59)(H,60,66)(H,61,65)(H,63,69). The number of anilines is 1. The van der Waals surface area contributed by atoms with Crippen LogP contribution in [0.2, 0.25) is 5.02 Å². The number of nitrogens with zero attached hydrogens (tertiary/aromatic N) is 6. The molecule has 4 heterocycles. The number of nitrogens with one attached hydrogen (secondary N) is 6. The second kappa shape index (κ2) is 26.0. The molecule has 6 aromatic rings. The molecule has 23 nitrogen and oxygen atoms in total. The Hall–Kier alpha value is -8.45. The summed E-state index contributed by atoms with van der Waals surface area (Å²) in [5.74, 6) is -2.30. The lowest BCUT2D eigenvalue weighted by atomic mass is 9.97. The summed E-state index contributed by atoms with van der Waals surface area (Å²) >= 11 is 7.20. The number of amides is 3. The zero-order chi connectivity index (χ0) is 54.2. The quantitative estimate of drug-likeness (QED) is 0.0254. The zero-order valence-corrected chi connectivity index (χ0v) is 43.1. The van der Waals surface area contributed by atoms with Gasteiger partial charge in [0.25, 0.3) is 0 Å². The van der Waals surface area contributed by atoms with Gasteiger partial charge in [-0.05, 0) is 83.6 Å². The maximum absolute atomic E-state index is 13.5. The second-order valence-corrected chi connectivity index (χ2v) is 19.1. The maximum Gasteiger partial charge on any atom is 0.408 e. The molecule has 0 spiro atoms. The number of likely N-dealkylation sites (N-methyl/N-ethyl adjacent to an activating group) is 1. The molecule has 0 aliphatic carbocycles. The van der Waals surface area contributed by atoms with E-state index >= 15 is 0 Å². The molecule has 0 aliphatic heterocycles. The molecule has 75 heavy (non-hydrogen) atoms. The van der Waals surface area contributed by atoms with Crippen LogP contribution in [0.1, 0.15) is 62.8 Å². The Labute approximate surface area is 440 Å². The molecule has 3 amide bonds. The van der Waals surface area contributed by atoms with Crippen LogP contribution in [0, 0.1) is 22.7 Å². The van der Waals surface area contributed by atoms with Crippen LogP contribution in [0.3, 0.4) is 0 Å². The smallest absolute Gasteiger partial charge is 0.408 e. The van der Waals surface area contributed by atoms with Crippen molar-refractivity contribution >= 4 is 59.0 Å². The minimum Gasteiger partial charge on any atom is -0.490 e. The average Bonchev–Trinajstić information content (AvgIpc) is 4.20. The molecule has 0 saturated carbocycles. The van der Waals surface area contributed by atoms with Crippen LogP contribution in [0.5, 0.6) is 5.75 Å². The van der Waals surface area contributed by atoms with Crippen LogP contribution in [-0.2, 0) is 52.0 Å². The largest absolute Gasteiger partial charge is 0.490 e. The van der Waals surface area contributed by atoms with Gasteiger partial charge in [-0.1, -0.05) is 35.5 Å². The third-order valence-electron chi connectivity index (χ3n) is 10.7. The van der Waals surface area contributed by atoms with Gasteiger partial charge < -0.3 is 60.3 Å². The van der Waals surface area contributed by atoms with Crippen molar-refractivity contribution in [3.8, 4) is 40.5 Å². The number of hydrogen-bond acceptors (Lipinski definition) is 19. The zero-order valence-electron chi connectivity index (χ0n) is 41.6. The number of esters is 2. The fraction of sp³-hybridized carbons (Fsp3) is 0.340. The minimum atomic E-state index is -1.28. The lowest BCUT2D eigenvalue weighted by Crippen LogP contribution is -2.53. The van der Waals surface area contributed by atoms with E-state index in [4.69, 9.17) is 40.7 Å². The highest BCUT2D eigenvalue weighted by molar-refractivity contribution is 7.98. The van der Waals surface area contributed by atoms with Crippen molar-refractivity contribution in [2.45, 2.75) is 94.1 Å². The number of halogens is 1. The van der Waals surface area contributed by atoms with Crippen LogP contribution in [0.25, 0.3) is 22.6 Å². The molecular weight excluding hydrogens is 1010 g/mol. The number of hydrogen-bond donors (Lipinski definition) is 7. The summed E-state index contributed by atoms with van der Waals surface area (Å²) in [5, 5.41) is 32.0. The van der Waals surface area contributed by atoms with Crippen molar-refractivity contribution in [1.29, 1.82) is 10.5 Å². The molecule has 0 bridgehead atoms. The number of imidazole rings is 2. The number of alkyl carbamates (subject to hydrolysis) is 1. The molecule has 0 saturated heterocycles. The molecule has 0 fully saturated rings. The van der Waals surface area contributed by atoms with Gasteiger partial charge in [0.05, 0.1) is 30.0 Å². The molecule has 2 aromatic carbocycles. The number of carbonyl (C=O) groups is 5. The number of nitrogen functional groups attached to an aromatic ring is 1. The van der Waals surface area contributed by atoms with Crippen molar-refractivity contribution in [2.75, 3.05) is 26.0 Å². The average molecular weight is 1060 g/mol. The van der Waals surface area contributed by atoms with Gasteiger partial charge in [0, 0.05) is 58.5 Å². The van der Waals surface area contributed by atoms with Crippen molar-refractivity contribution < 1.29 is 47.3 Å². The van der Waals surface area contributed by atoms with Crippen molar-refractivity contribution in [3.05, 3.63) is 113 Å². The van der Waals surface area contributed by atoms with Gasteiger partial charge in [-0.2, -0.15) is 10.5 Å². The fourth-order valence-electron chi connectivity index (χ4n) is 6.98. The number of aromatic amines is 2. The number of thioether (sulfide) groups is 1. The number of benzene rings is 2. The normalized spacial score (nSPS) is 13.1. The summed E-state index contributed by atoms with van der Waals surface area (Å²) in [5.41, 5.74) is 8.63. The van der Waals surface area contributed by atoms with E-state index < -0.39 is 72.3 Å². The summed E-state index contributed by atoms with van der Waals surface area (Å²) in [6.45, 7) is 6.82. The van der Waals surface area contributed by atoms with E-state index in [1.54, 1.807) is 82.5 Å².